The largest absolute Gasteiger partial charge is 0.399 e. The van der Waals surface area contributed by atoms with Crippen molar-refractivity contribution < 1.29 is 0 Å². The Balaban J connectivity index is 1.67. The molecule has 0 amide bonds. The summed E-state index contributed by atoms with van der Waals surface area (Å²) in [4.78, 5) is 22.5. The molecule has 0 fully saturated rings. The van der Waals surface area contributed by atoms with Gasteiger partial charge in [-0.25, -0.2) is 4.98 Å². The van der Waals surface area contributed by atoms with Gasteiger partial charge in [0.1, 0.15) is 0 Å². The van der Waals surface area contributed by atoms with Crippen molar-refractivity contribution in [1.82, 2.24) is 14.5 Å². The molecular weight excluding hydrogens is 412 g/mol. The van der Waals surface area contributed by atoms with Gasteiger partial charge in [-0.15, -0.1) is 0 Å². The molecule has 33 heavy (non-hydrogen) atoms. The number of aromatic nitrogens is 3. The maximum Gasteiger partial charge on any atom is 0.263 e. The van der Waals surface area contributed by atoms with Crippen LogP contribution in [0.25, 0.3) is 22.4 Å². The molecule has 0 atom stereocenters. The SMILES string of the molecule is Cn1c(NCCCc2ccccc2N)nc(-c2ccncc2)c(-c2cccc(CN)c2)c1=O. The molecule has 2 aromatic carbocycles. The van der Waals surface area contributed by atoms with Crippen LogP contribution in [0.3, 0.4) is 0 Å². The third kappa shape index (κ3) is 4.94. The average Bonchev–Trinajstić information content (AvgIpc) is 2.85. The summed E-state index contributed by atoms with van der Waals surface area (Å²) >= 11 is 0. The summed E-state index contributed by atoms with van der Waals surface area (Å²) in [6.07, 6.45) is 5.10. The van der Waals surface area contributed by atoms with Gasteiger partial charge in [0.05, 0.1) is 11.3 Å². The Labute approximate surface area is 193 Å². The van der Waals surface area contributed by atoms with Crippen molar-refractivity contribution in [1.29, 1.82) is 0 Å². The monoisotopic (exact) mass is 440 g/mol. The van der Waals surface area contributed by atoms with Crippen LogP contribution in [0.15, 0.2) is 77.9 Å². The van der Waals surface area contributed by atoms with Crippen LogP contribution in [0.5, 0.6) is 0 Å². The number of aryl methyl sites for hydroxylation is 1. The van der Waals surface area contributed by atoms with E-state index in [0.717, 1.165) is 40.8 Å². The number of nitrogens with two attached hydrogens (primary N) is 2. The molecule has 5 N–H and O–H groups in total. The second-order valence-corrected chi connectivity index (χ2v) is 7.89. The number of nitrogens with zero attached hydrogens (tertiary/aromatic N) is 3. The van der Waals surface area contributed by atoms with E-state index in [0.29, 0.717) is 30.3 Å². The maximum atomic E-state index is 13.5. The predicted octanol–water partition coefficient (Wildman–Crippen LogP) is 3.59. The number of hydrogen-bond donors (Lipinski definition) is 3. The number of nitrogen functional groups attached to an aromatic ring is 1. The second kappa shape index (κ2) is 10.1. The lowest BCUT2D eigenvalue weighted by Crippen LogP contribution is -2.25. The van der Waals surface area contributed by atoms with Gasteiger partial charge in [-0.1, -0.05) is 36.4 Å². The molecule has 0 unspecified atom stereocenters. The van der Waals surface area contributed by atoms with Crippen LogP contribution in [-0.2, 0) is 20.0 Å². The van der Waals surface area contributed by atoms with E-state index in [1.807, 2.05) is 60.7 Å². The summed E-state index contributed by atoms with van der Waals surface area (Å²) in [6, 6.07) is 19.3. The fourth-order valence-corrected chi connectivity index (χ4v) is 3.83. The highest BCUT2D eigenvalue weighted by Gasteiger charge is 2.18. The van der Waals surface area contributed by atoms with E-state index >= 15 is 0 Å². The Morgan fingerprint density at radius 1 is 1.00 bits per heavy atom. The predicted molar refractivity (Wildman–Crippen MR) is 134 cm³/mol. The first kappa shape index (κ1) is 22.2. The zero-order valence-electron chi connectivity index (χ0n) is 18.7. The van der Waals surface area contributed by atoms with Crippen molar-refractivity contribution in [3.8, 4) is 22.4 Å². The summed E-state index contributed by atoms with van der Waals surface area (Å²) in [5, 5.41) is 3.33. The van der Waals surface area contributed by atoms with Gasteiger partial charge in [0, 0.05) is 43.8 Å². The van der Waals surface area contributed by atoms with E-state index in [4.69, 9.17) is 16.5 Å². The van der Waals surface area contributed by atoms with Crippen molar-refractivity contribution in [3.05, 3.63) is 94.5 Å². The van der Waals surface area contributed by atoms with Crippen molar-refractivity contribution in [3.63, 3.8) is 0 Å². The number of nitrogens with one attached hydrogen (secondary N) is 1. The van der Waals surface area contributed by atoms with E-state index in [9.17, 15) is 4.79 Å². The molecule has 2 aromatic heterocycles. The van der Waals surface area contributed by atoms with Crippen LogP contribution >= 0.6 is 0 Å². The molecule has 7 nitrogen and oxygen atoms in total. The van der Waals surface area contributed by atoms with Gasteiger partial charge in [0.25, 0.3) is 5.56 Å². The van der Waals surface area contributed by atoms with Crippen LogP contribution in [0.1, 0.15) is 17.5 Å². The van der Waals surface area contributed by atoms with Gasteiger partial charge >= 0.3 is 0 Å². The lowest BCUT2D eigenvalue weighted by atomic mass is 9.99. The molecule has 0 aliphatic heterocycles. The quantitative estimate of drug-likeness (QED) is 0.285. The summed E-state index contributed by atoms with van der Waals surface area (Å²) in [5.74, 6) is 0.520. The molecule has 168 valence electrons. The lowest BCUT2D eigenvalue weighted by Gasteiger charge is -2.16. The van der Waals surface area contributed by atoms with Crippen molar-refractivity contribution in [2.75, 3.05) is 17.6 Å². The van der Waals surface area contributed by atoms with Crippen molar-refractivity contribution >= 4 is 11.6 Å². The average molecular weight is 441 g/mol. The molecule has 0 saturated heterocycles. The van der Waals surface area contributed by atoms with Gasteiger partial charge in [0.15, 0.2) is 0 Å². The summed E-state index contributed by atoms with van der Waals surface area (Å²) in [6.45, 7) is 1.06. The molecule has 0 radical (unpaired) electrons. The highest BCUT2D eigenvalue weighted by Crippen LogP contribution is 2.29. The van der Waals surface area contributed by atoms with Gasteiger partial charge in [-0.2, -0.15) is 0 Å². The number of benzene rings is 2. The first-order valence-corrected chi connectivity index (χ1v) is 11.0. The molecule has 0 spiro atoms. The molecule has 4 rings (SSSR count). The fraction of sp³-hybridized carbons (Fsp3) is 0.192. The third-order valence-electron chi connectivity index (χ3n) is 5.66. The molecule has 0 bridgehead atoms. The van der Waals surface area contributed by atoms with E-state index in [1.54, 1.807) is 24.0 Å². The highest BCUT2D eigenvalue weighted by molar-refractivity contribution is 5.81. The van der Waals surface area contributed by atoms with Gasteiger partial charge < -0.3 is 16.8 Å². The zero-order chi connectivity index (χ0) is 23.2. The molecule has 0 aliphatic carbocycles. The van der Waals surface area contributed by atoms with Crippen molar-refractivity contribution in [2.45, 2.75) is 19.4 Å². The van der Waals surface area contributed by atoms with Crippen LogP contribution in [0.2, 0.25) is 0 Å². The molecule has 4 aromatic rings. The molecule has 7 heteroatoms. The molecule has 2 heterocycles. The molecule has 0 saturated carbocycles. The summed E-state index contributed by atoms with van der Waals surface area (Å²) < 4.78 is 1.56. The van der Waals surface area contributed by atoms with Crippen LogP contribution in [0, 0.1) is 0 Å². The first-order chi connectivity index (χ1) is 16.1. The van der Waals surface area contributed by atoms with E-state index < -0.39 is 0 Å². The number of anilines is 2. The Hall–Kier alpha value is -3.97. The summed E-state index contributed by atoms with van der Waals surface area (Å²) in [5.41, 5.74) is 17.4. The van der Waals surface area contributed by atoms with E-state index in [2.05, 4.69) is 10.3 Å². The standard InChI is InChI=1S/C26H28N6O/c1-32-25(33)23(21-8-4-6-18(16-21)17-27)24(20-11-14-29-15-12-20)31-26(32)30-13-5-9-19-7-2-3-10-22(19)28/h2-4,6-8,10-12,14-16H,5,9,13,17,27-28H2,1H3,(H,30,31). The highest BCUT2D eigenvalue weighted by atomic mass is 16.1. The Kier molecular flexibility index (Phi) is 6.80. The number of hydrogen-bond acceptors (Lipinski definition) is 6. The van der Waals surface area contributed by atoms with Crippen molar-refractivity contribution in [2.24, 2.45) is 12.8 Å². The Morgan fingerprint density at radius 3 is 2.55 bits per heavy atom. The fourth-order valence-electron chi connectivity index (χ4n) is 3.83. The Morgan fingerprint density at radius 2 is 1.79 bits per heavy atom. The van der Waals surface area contributed by atoms with Gasteiger partial charge in [-0.3, -0.25) is 14.3 Å². The normalized spacial score (nSPS) is 10.8. The van der Waals surface area contributed by atoms with Crippen LogP contribution in [0.4, 0.5) is 11.6 Å². The summed E-state index contributed by atoms with van der Waals surface area (Å²) in [7, 11) is 1.74. The minimum absolute atomic E-state index is 0.124. The van der Waals surface area contributed by atoms with E-state index in [1.165, 1.54) is 0 Å². The minimum atomic E-state index is -0.124. The lowest BCUT2D eigenvalue weighted by molar-refractivity contribution is 0.799. The number of rotatable bonds is 8. The zero-order valence-corrected chi connectivity index (χ0v) is 18.7. The maximum absolute atomic E-state index is 13.5. The van der Waals surface area contributed by atoms with E-state index in [-0.39, 0.29) is 5.56 Å². The van der Waals surface area contributed by atoms with Crippen LogP contribution in [-0.4, -0.2) is 21.1 Å². The smallest absolute Gasteiger partial charge is 0.263 e. The van der Waals surface area contributed by atoms with Gasteiger partial charge in [-0.05, 0) is 53.8 Å². The van der Waals surface area contributed by atoms with Crippen LogP contribution < -0.4 is 22.3 Å². The Bertz CT molecular complexity index is 1300. The third-order valence-corrected chi connectivity index (χ3v) is 5.66. The first-order valence-electron chi connectivity index (χ1n) is 11.0. The van der Waals surface area contributed by atoms with Gasteiger partial charge in [0.2, 0.25) is 5.95 Å². The minimum Gasteiger partial charge on any atom is -0.399 e. The molecular formula is C26H28N6O. The number of pyridine rings is 1. The topological polar surface area (TPSA) is 112 Å². The number of para-hydroxylation sites is 1. The molecule has 0 aliphatic rings. The second-order valence-electron chi connectivity index (χ2n) is 7.89.